The topological polar surface area (TPSA) is 3.24 Å². The van der Waals surface area contributed by atoms with E-state index in [-0.39, 0.29) is 0 Å². The molecule has 0 bridgehead atoms. The van der Waals surface area contributed by atoms with E-state index >= 15 is 0 Å². The van der Waals surface area contributed by atoms with Gasteiger partial charge in [0.1, 0.15) is 0 Å². The molecule has 1 aromatic carbocycles. The number of halogens is 1. The van der Waals surface area contributed by atoms with Crippen LogP contribution in [0.2, 0.25) is 0 Å². The Hall–Kier alpha value is 0.360. The summed E-state index contributed by atoms with van der Waals surface area (Å²) >= 11 is 7.37. The molecule has 0 aromatic heterocycles. The third-order valence-electron chi connectivity index (χ3n) is 2.02. The van der Waals surface area contributed by atoms with Gasteiger partial charge in [0.05, 0.1) is 0 Å². The fraction of sp³-hybridized carbons (Fsp3) is 0.400. The predicted octanol–water partition coefficient (Wildman–Crippen LogP) is 3.51. The SMILES string of the molecule is Brc1ccc(SN2CCSCC2)cc1. The molecule has 0 spiro atoms. The van der Waals surface area contributed by atoms with Crippen LogP contribution >= 0.6 is 39.6 Å². The highest BCUT2D eigenvalue weighted by Gasteiger charge is 2.11. The van der Waals surface area contributed by atoms with Gasteiger partial charge in [0.2, 0.25) is 0 Å². The first-order valence-electron chi connectivity index (χ1n) is 4.61. The Balaban J connectivity index is 1.92. The number of rotatable bonds is 2. The summed E-state index contributed by atoms with van der Waals surface area (Å²) in [6.07, 6.45) is 0. The molecule has 1 nitrogen and oxygen atoms in total. The second-order valence-electron chi connectivity index (χ2n) is 3.09. The molecule has 1 heterocycles. The van der Waals surface area contributed by atoms with E-state index in [9.17, 15) is 0 Å². The van der Waals surface area contributed by atoms with Gasteiger partial charge >= 0.3 is 0 Å². The van der Waals surface area contributed by atoms with Crippen LogP contribution in [0.25, 0.3) is 0 Å². The molecule has 4 heteroatoms. The van der Waals surface area contributed by atoms with Gasteiger partial charge in [0.25, 0.3) is 0 Å². The van der Waals surface area contributed by atoms with Crippen LogP contribution in [0.1, 0.15) is 0 Å². The lowest BCUT2D eigenvalue weighted by atomic mass is 10.4. The largest absolute Gasteiger partial charge is 0.245 e. The van der Waals surface area contributed by atoms with Crippen LogP contribution in [0.5, 0.6) is 0 Å². The molecular formula is C10H12BrNS2. The fourth-order valence-electron chi connectivity index (χ4n) is 1.28. The maximum atomic E-state index is 3.44. The van der Waals surface area contributed by atoms with Gasteiger partial charge in [-0.3, -0.25) is 0 Å². The highest BCUT2D eigenvalue weighted by Crippen LogP contribution is 2.26. The molecule has 0 atom stereocenters. The first-order chi connectivity index (χ1) is 6.84. The second-order valence-corrected chi connectivity index (χ2v) is 6.40. The lowest BCUT2D eigenvalue weighted by Crippen LogP contribution is -2.26. The van der Waals surface area contributed by atoms with Gasteiger partial charge in [-0.25, -0.2) is 4.31 Å². The van der Waals surface area contributed by atoms with Crippen LogP contribution in [0.15, 0.2) is 33.6 Å². The van der Waals surface area contributed by atoms with Crippen molar-refractivity contribution in [1.82, 2.24) is 4.31 Å². The minimum atomic E-state index is 1.15. The van der Waals surface area contributed by atoms with Crippen molar-refractivity contribution in [3.63, 3.8) is 0 Å². The van der Waals surface area contributed by atoms with Crippen molar-refractivity contribution in [3.8, 4) is 0 Å². The molecule has 0 N–H and O–H groups in total. The standard InChI is InChI=1S/C10H12BrNS2/c11-9-1-3-10(4-2-9)14-12-5-7-13-8-6-12/h1-4H,5-8H2. The fourth-order valence-corrected chi connectivity index (χ4v) is 3.60. The Morgan fingerprint density at radius 2 is 1.79 bits per heavy atom. The zero-order chi connectivity index (χ0) is 9.80. The molecule has 0 saturated carbocycles. The third kappa shape index (κ3) is 3.19. The third-order valence-corrected chi connectivity index (χ3v) is 4.60. The van der Waals surface area contributed by atoms with Crippen molar-refractivity contribution in [2.24, 2.45) is 0 Å². The van der Waals surface area contributed by atoms with E-state index in [0.29, 0.717) is 0 Å². The lowest BCUT2D eigenvalue weighted by Gasteiger charge is -2.24. The smallest absolute Gasteiger partial charge is 0.0231 e. The van der Waals surface area contributed by atoms with Gasteiger partial charge in [-0.1, -0.05) is 15.9 Å². The summed E-state index contributed by atoms with van der Waals surface area (Å²) in [5, 5.41) is 0. The van der Waals surface area contributed by atoms with E-state index in [1.165, 1.54) is 29.5 Å². The summed E-state index contributed by atoms with van der Waals surface area (Å²) in [6.45, 7) is 2.40. The number of nitrogens with zero attached hydrogens (tertiary/aromatic N) is 1. The molecule has 1 saturated heterocycles. The van der Waals surface area contributed by atoms with E-state index in [0.717, 1.165) is 4.47 Å². The van der Waals surface area contributed by atoms with Crippen molar-refractivity contribution < 1.29 is 0 Å². The van der Waals surface area contributed by atoms with Crippen LogP contribution in [-0.2, 0) is 0 Å². The van der Waals surface area contributed by atoms with Crippen LogP contribution < -0.4 is 0 Å². The minimum absolute atomic E-state index is 1.15. The van der Waals surface area contributed by atoms with Crippen molar-refractivity contribution in [2.75, 3.05) is 24.6 Å². The van der Waals surface area contributed by atoms with Crippen molar-refractivity contribution >= 4 is 39.6 Å². The average Bonchev–Trinajstić information content (AvgIpc) is 2.23. The molecule has 0 amide bonds. The summed E-state index contributed by atoms with van der Waals surface area (Å²) in [7, 11) is 0. The molecular weight excluding hydrogens is 278 g/mol. The van der Waals surface area contributed by atoms with E-state index in [2.05, 4.69) is 44.5 Å². The molecule has 1 aliphatic rings. The zero-order valence-corrected chi connectivity index (χ0v) is 11.0. The molecule has 0 unspecified atom stereocenters. The lowest BCUT2D eigenvalue weighted by molar-refractivity contribution is 0.522. The monoisotopic (exact) mass is 289 g/mol. The van der Waals surface area contributed by atoms with Gasteiger partial charge in [-0.05, 0) is 36.2 Å². The Bertz CT molecular complexity index is 283. The summed E-state index contributed by atoms with van der Waals surface area (Å²) in [5.74, 6) is 2.53. The first kappa shape index (κ1) is 10.9. The van der Waals surface area contributed by atoms with E-state index in [4.69, 9.17) is 0 Å². The summed E-state index contributed by atoms with van der Waals surface area (Å²) < 4.78 is 3.59. The molecule has 76 valence electrons. The van der Waals surface area contributed by atoms with Crippen molar-refractivity contribution in [1.29, 1.82) is 0 Å². The van der Waals surface area contributed by atoms with E-state index < -0.39 is 0 Å². The number of hydrogen-bond donors (Lipinski definition) is 0. The molecule has 0 radical (unpaired) electrons. The van der Waals surface area contributed by atoms with E-state index in [1.807, 2.05) is 23.7 Å². The second kappa shape index (κ2) is 5.45. The first-order valence-corrected chi connectivity index (χ1v) is 7.33. The van der Waals surface area contributed by atoms with Gasteiger partial charge in [0.15, 0.2) is 0 Å². The normalized spacial score (nSPS) is 18.4. The molecule has 14 heavy (non-hydrogen) atoms. The highest BCUT2D eigenvalue weighted by molar-refractivity contribution is 9.10. The molecule has 1 aromatic rings. The Morgan fingerprint density at radius 1 is 1.14 bits per heavy atom. The summed E-state index contributed by atoms with van der Waals surface area (Å²) in [6, 6.07) is 8.52. The number of thioether (sulfide) groups is 1. The summed E-state index contributed by atoms with van der Waals surface area (Å²) in [4.78, 5) is 1.33. The number of benzene rings is 1. The van der Waals surface area contributed by atoms with Crippen LogP contribution in [-0.4, -0.2) is 28.9 Å². The quantitative estimate of drug-likeness (QED) is 0.767. The van der Waals surface area contributed by atoms with Gasteiger partial charge < -0.3 is 0 Å². The molecule has 1 aliphatic heterocycles. The van der Waals surface area contributed by atoms with Crippen molar-refractivity contribution in [2.45, 2.75) is 4.90 Å². The average molecular weight is 290 g/mol. The van der Waals surface area contributed by atoms with Crippen LogP contribution in [0.4, 0.5) is 0 Å². The molecule has 2 rings (SSSR count). The zero-order valence-electron chi connectivity index (χ0n) is 7.78. The Morgan fingerprint density at radius 3 is 2.43 bits per heavy atom. The highest BCUT2D eigenvalue weighted by atomic mass is 79.9. The Kier molecular flexibility index (Phi) is 4.23. The maximum absolute atomic E-state index is 3.44. The van der Waals surface area contributed by atoms with E-state index in [1.54, 1.807) is 0 Å². The van der Waals surface area contributed by atoms with Crippen LogP contribution in [0.3, 0.4) is 0 Å². The minimum Gasteiger partial charge on any atom is -0.245 e. The maximum Gasteiger partial charge on any atom is 0.0231 e. The van der Waals surface area contributed by atoms with Gasteiger partial charge in [-0.15, -0.1) is 0 Å². The number of hydrogen-bond acceptors (Lipinski definition) is 3. The summed E-state index contributed by atoms with van der Waals surface area (Å²) in [5.41, 5.74) is 0. The van der Waals surface area contributed by atoms with Gasteiger partial charge in [-0.2, -0.15) is 11.8 Å². The van der Waals surface area contributed by atoms with Gasteiger partial charge in [0, 0.05) is 34.0 Å². The van der Waals surface area contributed by atoms with Crippen LogP contribution in [0, 0.1) is 0 Å². The Labute approximate surface area is 102 Å². The predicted molar refractivity (Wildman–Crippen MR) is 68.9 cm³/mol. The molecule has 0 aliphatic carbocycles. The van der Waals surface area contributed by atoms with Crippen molar-refractivity contribution in [3.05, 3.63) is 28.7 Å². The molecule has 1 fully saturated rings.